The monoisotopic (exact) mass is 227 g/mol. The van der Waals surface area contributed by atoms with Crippen LogP contribution in [-0.4, -0.2) is 11.5 Å². The predicted octanol–water partition coefficient (Wildman–Crippen LogP) is 1.79. The van der Waals surface area contributed by atoms with Crippen molar-refractivity contribution in [2.24, 2.45) is 10.8 Å². The second-order valence-corrected chi connectivity index (χ2v) is 3.99. The van der Waals surface area contributed by atoms with Crippen molar-refractivity contribution in [3.8, 4) is 6.07 Å². The summed E-state index contributed by atoms with van der Waals surface area (Å²) in [5.41, 5.74) is 9.89. The molecular formula is C12H13N5. The van der Waals surface area contributed by atoms with Gasteiger partial charge < -0.3 is 5.73 Å². The predicted molar refractivity (Wildman–Crippen MR) is 67.0 cm³/mol. The number of anilines is 1. The summed E-state index contributed by atoms with van der Waals surface area (Å²) in [6.45, 7) is 0. The molecule has 2 rings (SSSR count). The van der Waals surface area contributed by atoms with Crippen LogP contribution in [0.1, 0.15) is 24.3 Å². The zero-order valence-electron chi connectivity index (χ0n) is 9.27. The number of hydrazone groups is 1. The highest BCUT2D eigenvalue weighted by Crippen LogP contribution is 2.40. The summed E-state index contributed by atoms with van der Waals surface area (Å²) in [5, 5.41) is 19.5. The van der Waals surface area contributed by atoms with Gasteiger partial charge in [-0.2, -0.15) is 10.4 Å². The van der Waals surface area contributed by atoms with E-state index in [1.54, 1.807) is 6.07 Å². The van der Waals surface area contributed by atoms with Gasteiger partial charge in [-0.3, -0.25) is 10.8 Å². The van der Waals surface area contributed by atoms with Crippen LogP contribution >= 0.6 is 0 Å². The minimum Gasteiger partial charge on any atom is -0.382 e. The van der Waals surface area contributed by atoms with Crippen molar-refractivity contribution >= 4 is 17.2 Å². The molecule has 0 atom stereocenters. The lowest BCUT2D eigenvalue weighted by atomic mass is 10.1. The molecule has 1 aromatic carbocycles. The fraction of sp³-hybridized carbons (Fsp3) is 0.250. The van der Waals surface area contributed by atoms with Crippen molar-refractivity contribution in [2.45, 2.75) is 18.8 Å². The van der Waals surface area contributed by atoms with Crippen molar-refractivity contribution in [2.75, 3.05) is 5.43 Å². The van der Waals surface area contributed by atoms with Crippen LogP contribution in [0, 0.1) is 16.7 Å². The molecule has 0 unspecified atom stereocenters. The normalized spacial score (nSPS) is 15.1. The van der Waals surface area contributed by atoms with Crippen LogP contribution < -0.4 is 11.2 Å². The Kier molecular flexibility index (Phi) is 3.06. The maximum Gasteiger partial charge on any atom is 0.201 e. The Bertz CT molecular complexity index is 491. The number of rotatable bonds is 4. The fourth-order valence-corrected chi connectivity index (χ4v) is 1.51. The van der Waals surface area contributed by atoms with E-state index in [-0.39, 0.29) is 11.5 Å². The first-order chi connectivity index (χ1) is 8.20. The topological polar surface area (TPSA) is 98.0 Å². The molecule has 17 heavy (non-hydrogen) atoms. The summed E-state index contributed by atoms with van der Waals surface area (Å²) in [6.07, 6.45) is 2.54. The lowest BCUT2D eigenvalue weighted by Gasteiger charge is -2.02. The van der Waals surface area contributed by atoms with Gasteiger partial charge in [0.15, 0.2) is 5.84 Å². The lowest BCUT2D eigenvalue weighted by Crippen LogP contribution is -2.21. The quantitative estimate of drug-likeness (QED) is 0.415. The molecule has 0 aromatic heterocycles. The number of amidine groups is 1. The molecule has 4 N–H and O–H groups in total. The number of hydrogen-bond donors (Lipinski definition) is 3. The van der Waals surface area contributed by atoms with E-state index in [9.17, 15) is 0 Å². The Morgan fingerprint density at radius 2 is 2.06 bits per heavy atom. The number of nitrogens with one attached hydrogen (secondary N) is 2. The molecule has 1 aliphatic carbocycles. The van der Waals surface area contributed by atoms with Crippen molar-refractivity contribution in [1.29, 1.82) is 10.7 Å². The third-order valence-corrected chi connectivity index (χ3v) is 2.62. The van der Waals surface area contributed by atoms with Gasteiger partial charge in [0.05, 0.1) is 5.69 Å². The highest BCUT2D eigenvalue weighted by molar-refractivity contribution is 6.45. The van der Waals surface area contributed by atoms with Gasteiger partial charge in [-0.15, -0.1) is 0 Å². The molecule has 0 saturated heterocycles. The zero-order chi connectivity index (χ0) is 12.3. The van der Waals surface area contributed by atoms with Crippen molar-refractivity contribution in [3.05, 3.63) is 29.8 Å². The minimum atomic E-state index is -0.338. The first-order valence-electron chi connectivity index (χ1n) is 5.39. The van der Waals surface area contributed by atoms with E-state index in [1.165, 1.54) is 18.4 Å². The SMILES string of the molecule is N#C/C(=N\Nc1ccc(C2CC2)cc1)C(=N)N. The van der Waals surface area contributed by atoms with Gasteiger partial charge in [-0.05, 0) is 36.5 Å². The summed E-state index contributed by atoms with van der Waals surface area (Å²) < 4.78 is 0. The standard InChI is InChI=1S/C12H13N5/c13-7-11(12(14)15)17-16-10-5-3-9(4-6-10)8-1-2-8/h3-6,8,16H,1-2H2,(H3,14,15)/b17-11+. The molecule has 0 radical (unpaired) electrons. The third kappa shape index (κ3) is 2.82. The van der Waals surface area contributed by atoms with Crippen molar-refractivity contribution in [1.82, 2.24) is 0 Å². The summed E-state index contributed by atoms with van der Waals surface area (Å²) in [5.74, 6) is 0.383. The molecule has 1 aromatic rings. The Balaban J connectivity index is 2.03. The summed E-state index contributed by atoms with van der Waals surface area (Å²) in [4.78, 5) is 0. The van der Waals surface area contributed by atoms with Crippen LogP contribution in [-0.2, 0) is 0 Å². The molecular weight excluding hydrogens is 214 g/mol. The third-order valence-electron chi connectivity index (χ3n) is 2.62. The second-order valence-electron chi connectivity index (χ2n) is 3.99. The summed E-state index contributed by atoms with van der Waals surface area (Å²) >= 11 is 0. The van der Waals surface area contributed by atoms with Crippen molar-refractivity contribution in [3.63, 3.8) is 0 Å². The lowest BCUT2D eigenvalue weighted by molar-refractivity contribution is 1.13. The van der Waals surface area contributed by atoms with Gasteiger partial charge in [0, 0.05) is 0 Å². The van der Waals surface area contributed by atoms with E-state index < -0.39 is 0 Å². The largest absolute Gasteiger partial charge is 0.382 e. The van der Waals surface area contributed by atoms with E-state index in [0.717, 1.165) is 11.6 Å². The Hall–Kier alpha value is -2.35. The van der Waals surface area contributed by atoms with Crippen molar-refractivity contribution < 1.29 is 0 Å². The molecule has 0 amide bonds. The summed E-state index contributed by atoms with van der Waals surface area (Å²) in [6, 6.07) is 9.67. The molecule has 5 nitrogen and oxygen atoms in total. The number of benzene rings is 1. The Morgan fingerprint density at radius 3 is 2.53 bits per heavy atom. The number of nitriles is 1. The number of nitrogens with two attached hydrogens (primary N) is 1. The Labute approximate surface area is 99.4 Å². The first kappa shape index (κ1) is 11.1. The van der Waals surface area contributed by atoms with Crippen LogP contribution in [0.25, 0.3) is 0 Å². The van der Waals surface area contributed by atoms with Crippen LogP contribution in [0.4, 0.5) is 5.69 Å². The second kappa shape index (κ2) is 4.66. The van der Waals surface area contributed by atoms with Gasteiger partial charge in [0.2, 0.25) is 5.71 Å². The maximum atomic E-state index is 8.66. The van der Waals surface area contributed by atoms with Gasteiger partial charge >= 0.3 is 0 Å². The average Bonchev–Trinajstić information content (AvgIpc) is 3.14. The average molecular weight is 227 g/mol. The zero-order valence-corrected chi connectivity index (χ0v) is 9.27. The van der Waals surface area contributed by atoms with E-state index in [4.69, 9.17) is 16.4 Å². The smallest absolute Gasteiger partial charge is 0.201 e. The molecule has 0 spiro atoms. The fourth-order valence-electron chi connectivity index (χ4n) is 1.51. The molecule has 1 saturated carbocycles. The van der Waals surface area contributed by atoms with Gasteiger partial charge in [-0.1, -0.05) is 12.1 Å². The number of nitrogens with zero attached hydrogens (tertiary/aromatic N) is 2. The minimum absolute atomic E-state index is 0.115. The Morgan fingerprint density at radius 1 is 1.41 bits per heavy atom. The van der Waals surface area contributed by atoms with Gasteiger partial charge in [0.1, 0.15) is 6.07 Å². The molecule has 86 valence electrons. The molecule has 1 aliphatic rings. The molecule has 0 aliphatic heterocycles. The van der Waals surface area contributed by atoms with E-state index in [0.29, 0.717) is 0 Å². The molecule has 1 fully saturated rings. The van der Waals surface area contributed by atoms with E-state index >= 15 is 0 Å². The highest BCUT2D eigenvalue weighted by atomic mass is 15.3. The molecule has 0 bridgehead atoms. The molecule has 0 heterocycles. The first-order valence-corrected chi connectivity index (χ1v) is 5.39. The maximum absolute atomic E-state index is 8.66. The summed E-state index contributed by atoms with van der Waals surface area (Å²) in [7, 11) is 0. The van der Waals surface area contributed by atoms with Crippen LogP contribution in [0.15, 0.2) is 29.4 Å². The highest BCUT2D eigenvalue weighted by Gasteiger charge is 2.22. The van der Waals surface area contributed by atoms with Crippen LogP contribution in [0.5, 0.6) is 0 Å². The van der Waals surface area contributed by atoms with Gasteiger partial charge in [0.25, 0.3) is 0 Å². The van der Waals surface area contributed by atoms with E-state index in [2.05, 4.69) is 22.7 Å². The van der Waals surface area contributed by atoms with Crippen LogP contribution in [0.3, 0.4) is 0 Å². The van der Waals surface area contributed by atoms with E-state index in [1.807, 2.05) is 12.1 Å². The van der Waals surface area contributed by atoms with Crippen LogP contribution in [0.2, 0.25) is 0 Å². The number of hydrogen-bond acceptors (Lipinski definition) is 4. The van der Waals surface area contributed by atoms with Gasteiger partial charge in [-0.25, -0.2) is 0 Å². The molecule has 5 heteroatoms.